The van der Waals surface area contributed by atoms with Crippen LogP contribution in [0.5, 0.6) is 0 Å². The molecule has 2 N–H and O–H groups in total. The molecule has 0 bridgehead atoms. The molecule has 0 unspecified atom stereocenters. The summed E-state index contributed by atoms with van der Waals surface area (Å²) >= 11 is 0. The van der Waals surface area contributed by atoms with Crippen LogP contribution >= 0.6 is 0 Å². The number of unbranched alkanes of at least 4 members (excludes halogenated alkanes) is 1. The fourth-order valence-electron chi connectivity index (χ4n) is 1.22. The number of carbonyl (C=O) groups is 2. The summed E-state index contributed by atoms with van der Waals surface area (Å²) in [6, 6.07) is 0. The van der Waals surface area contributed by atoms with Gasteiger partial charge in [0.25, 0.3) is 0 Å². The Kier molecular flexibility index (Phi) is 9.36. The number of hydrogen-bond acceptors (Lipinski definition) is 2. The van der Waals surface area contributed by atoms with E-state index in [-0.39, 0.29) is 12.3 Å². The molecule has 1 amide bonds. The molecule has 0 aliphatic rings. The van der Waals surface area contributed by atoms with E-state index < -0.39 is 5.97 Å². The number of carbonyl (C=O) groups excluding carboxylic acids is 1. The number of hydrogen-bond donors (Lipinski definition) is 2. The summed E-state index contributed by atoms with van der Waals surface area (Å²) in [5.41, 5.74) is 0. The standard InChI is InChI=1S/C12H21NO3/c1-2-3-4-5-6-8-11(14)13-10-7-9-12(15)16/h3-4H,2,5-10H2,1H3,(H,13,14)(H,15,16)/b4-3+. The maximum absolute atomic E-state index is 11.2. The quantitative estimate of drug-likeness (QED) is 0.468. The number of carboxylic acid groups (broad SMARTS) is 1. The van der Waals surface area contributed by atoms with Crippen LogP contribution in [-0.4, -0.2) is 23.5 Å². The molecular weight excluding hydrogens is 206 g/mol. The predicted molar refractivity (Wildman–Crippen MR) is 63.2 cm³/mol. The first-order valence-electron chi connectivity index (χ1n) is 5.80. The summed E-state index contributed by atoms with van der Waals surface area (Å²) < 4.78 is 0. The van der Waals surface area contributed by atoms with E-state index in [1.54, 1.807) is 0 Å². The Morgan fingerprint density at radius 2 is 1.94 bits per heavy atom. The number of aliphatic carboxylic acids is 1. The second-order valence-electron chi connectivity index (χ2n) is 3.62. The summed E-state index contributed by atoms with van der Waals surface area (Å²) in [4.78, 5) is 21.4. The van der Waals surface area contributed by atoms with Crippen LogP contribution in [0.3, 0.4) is 0 Å². The topological polar surface area (TPSA) is 66.4 Å². The van der Waals surface area contributed by atoms with Crippen molar-refractivity contribution in [3.05, 3.63) is 12.2 Å². The SMILES string of the molecule is CC/C=C/CCCC(=O)NCCCC(=O)O. The molecule has 0 radical (unpaired) electrons. The fourth-order valence-corrected chi connectivity index (χ4v) is 1.22. The number of allylic oxidation sites excluding steroid dienone is 2. The predicted octanol–water partition coefficient (Wildman–Crippen LogP) is 2.10. The molecule has 0 aromatic carbocycles. The monoisotopic (exact) mass is 227 g/mol. The Hall–Kier alpha value is -1.32. The number of carboxylic acids is 1. The van der Waals surface area contributed by atoms with Crippen LogP contribution in [0.1, 0.15) is 45.4 Å². The largest absolute Gasteiger partial charge is 0.481 e. The third kappa shape index (κ3) is 10.8. The Morgan fingerprint density at radius 1 is 1.19 bits per heavy atom. The van der Waals surface area contributed by atoms with Gasteiger partial charge in [0.1, 0.15) is 0 Å². The first kappa shape index (κ1) is 14.7. The Morgan fingerprint density at radius 3 is 2.56 bits per heavy atom. The Labute approximate surface area is 96.7 Å². The average Bonchev–Trinajstić information content (AvgIpc) is 2.24. The molecule has 92 valence electrons. The van der Waals surface area contributed by atoms with E-state index in [0.29, 0.717) is 19.4 Å². The van der Waals surface area contributed by atoms with Gasteiger partial charge in [0.05, 0.1) is 0 Å². The van der Waals surface area contributed by atoms with Crippen molar-refractivity contribution < 1.29 is 14.7 Å². The summed E-state index contributed by atoms with van der Waals surface area (Å²) in [6.07, 6.45) is 8.10. The molecule has 0 saturated carbocycles. The molecule has 0 atom stereocenters. The summed E-state index contributed by atoms with van der Waals surface area (Å²) in [6.45, 7) is 2.53. The minimum absolute atomic E-state index is 0.00953. The van der Waals surface area contributed by atoms with Gasteiger partial charge < -0.3 is 10.4 Å². The van der Waals surface area contributed by atoms with Gasteiger partial charge in [-0.2, -0.15) is 0 Å². The van der Waals surface area contributed by atoms with Gasteiger partial charge in [0, 0.05) is 19.4 Å². The zero-order valence-electron chi connectivity index (χ0n) is 9.87. The van der Waals surface area contributed by atoms with E-state index in [4.69, 9.17) is 5.11 Å². The number of amides is 1. The highest BCUT2D eigenvalue weighted by Gasteiger charge is 2.00. The third-order valence-electron chi connectivity index (χ3n) is 2.07. The summed E-state index contributed by atoms with van der Waals surface area (Å²) in [5.74, 6) is -0.811. The van der Waals surface area contributed by atoms with E-state index in [9.17, 15) is 9.59 Å². The first-order valence-corrected chi connectivity index (χ1v) is 5.80. The van der Waals surface area contributed by atoms with Gasteiger partial charge >= 0.3 is 5.97 Å². The highest BCUT2D eigenvalue weighted by Crippen LogP contribution is 1.97. The van der Waals surface area contributed by atoms with Crippen LogP contribution in [0.2, 0.25) is 0 Å². The highest BCUT2D eigenvalue weighted by atomic mass is 16.4. The van der Waals surface area contributed by atoms with Crippen molar-refractivity contribution in [2.75, 3.05) is 6.54 Å². The lowest BCUT2D eigenvalue weighted by atomic mass is 10.2. The molecule has 0 aromatic rings. The summed E-state index contributed by atoms with van der Waals surface area (Å²) in [5, 5.41) is 11.1. The normalized spacial score (nSPS) is 10.6. The lowest BCUT2D eigenvalue weighted by molar-refractivity contribution is -0.137. The molecule has 0 spiro atoms. The molecule has 0 fully saturated rings. The molecule has 0 rings (SSSR count). The lowest BCUT2D eigenvalue weighted by Crippen LogP contribution is -2.24. The van der Waals surface area contributed by atoms with Crippen LogP contribution < -0.4 is 5.32 Å². The molecule has 0 saturated heterocycles. The average molecular weight is 227 g/mol. The molecule has 0 aromatic heterocycles. The molecule has 16 heavy (non-hydrogen) atoms. The zero-order chi connectivity index (χ0) is 12.2. The van der Waals surface area contributed by atoms with E-state index in [0.717, 1.165) is 19.3 Å². The van der Waals surface area contributed by atoms with Crippen molar-refractivity contribution in [3.8, 4) is 0 Å². The van der Waals surface area contributed by atoms with E-state index >= 15 is 0 Å². The lowest BCUT2D eigenvalue weighted by Gasteiger charge is -2.02. The van der Waals surface area contributed by atoms with Crippen molar-refractivity contribution in [1.82, 2.24) is 5.32 Å². The van der Waals surface area contributed by atoms with Gasteiger partial charge in [-0.3, -0.25) is 9.59 Å². The van der Waals surface area contributed by atoms with Gasteiger partial charge in [-0.05, 0) is 25.7 Å². The van der Waals surface area contributed by atoms with Gasteiger partial charge in [-0.25, -0.2) is 0 Å². The molecule has 0 heterocycles. The van der Waals surface area contributed by atoms with Gasteiger partial charge in [0.15, 0.2) is 0 Å². The number of rotatable bonds is 9. The highest BCUT2D eigenvalue weighted by molar-refractivity contribution is 5.75. The van der Waals surface area contributed by atoms with Crippen LogP contribution in [0, 0.1) is 0 Å². The molecular formula is C12H21NO3. The van der Waals surface area contributed by atoms with E-state index in [2.05, 4.69) is 24.4 Å². The first-order chi connectivity index (χ1) is 7.66. The molecule has 4 nitrogen and oxygen atoms in total. The van der Waals surface area contributed by atoms with Crippen LogP contribution in [0.25, 0.3) is 0 Å². The smallest absolute Gasteiger partial charge is 0.303 e. The van der Waals surface area contributed by atoms with Gasteiger partial charge in [-0.15, -0.1) is 0 Å². The van der Waals surface area contributed by atoms with E-state index in [1.165, 1.54) is 0 Å². The van der Waals surface area contributed by atoms with Crippen LogP contribution in [-0.2, 0) is 9.59 Å². The van der Waals surface area contributed by atoms with Crippen molar-refractivity contribution in [2.24, 2.45) is 0 Å². The van der Waals surface area contributed by atoms with Crippen LogP contribution in [0.15, 0.2) is 12.2 Å². The minimum Gasteiger partial charge on any atom is -0.481 e. The van der Waals surface area contributed by atoms with Crippen LogP contribution in [0.4, 0.5) is 0 Å². The maximum Gasteiger partial charge on any atom is 0.303 e. The Balaban J connectivity index is 3.31. The number of nitrogens with one attached hydrogen (secondary N) is 1. The summed E-state index contributed by atoms with van der Waals surface area (Å²) in [7, 11) is 0. The molecule has 0 aliphatic carbocycles. The zero-order valence-corrected chi connectivity index (χ0v) is 9.87. The van der Waals surface area contributed by atoms with E-state index in [1.807, 2.05) is 0 Å². The van der Waals surface area contributed by atoms with Crippen molar-refractivity contribution in [1.29, 1.82) is 0 Å². The van der Waals surface area contributed by atoms with Crippen molar-refractivity contribution >= 4 is 11.9 Å². The van der Waals surface area contributed by atoms with Crippen molar-refractivity contribution in [3.63, 3.8) is 0 Å². The third-order valence-corrected chi connectivity index (χ3v) is 2.07. The Bertz CT molecular complexity index is 236. The fraction of sp³-hybridized carbons (Fsp3) is 0.667. The second-order valence-corrected chi connectivity index (χ2v) is 3.62. The van der Waals surface area contributed by atoms with Crippen molar-refractivity contribution in [2.45, 2.75) is 45.4 Å². The minimum atomic E-state index is -0.820. The maximum atomic E-state index is 11.2. The second kappa shape index (κ2) is 10.2. The molecule has 4 heteroatoms. The van der Waals surface area contributed by atoms with Gasteiger partial charge in [-0.1, -0.05) is 19.1 Å². The van der Waals surface area contributed by atoms with Gasteiger partial charge in [0.2, 0.25) is 5.91 Å². The molecule has 0 aliphatic heterocycles.